The van der Waals surface area contributed by atoms with Gasteiger partial charge in [0.2, 0.25) is 0 Å². The number of rotatable bonds is 5. The zero-order chi connectivity index (χ0) is 11.5. The molecule has 0 amide bonds. The summed E-state index contributed by atoms with van der Waals surface area (Å²) in [7, 11) is 1.72. The first-order valence-electron chi connectivity index (χ1n) is 5.31. The highest BCUT2D eigenvalue weighted by Gasteiger charge is 2.19. The van der Waals surface area contributed by atoms with Gasteiger partial charge in [-0.15, -0.1) is 0 Å². The Morgan fingerprint density at radius 1 is 1.60 bits per heavy atom. The second kappa shape index (κ2) is 4.77. The summed E-state index contributed by atoms with van der Waals surface area (Å²) in [4.78, 5) is 4.14. The molecule has 0 saturated carbocycles. The highest BCUT2D eigenvalue weighted by molar-refractivity contribution is 5.04. The maximum atomic E-state index is 6.00. The first-order chi connectivity index (χ1) is 7.00. The molecule has 2 N–H and O–H groups in total. The molecule has 1 atom stereocenters. The van der Waals surface area contributed by atoms with Crippen molar-refractivity contribution in [1.29, 1.82) is 0 Å². The van der Waals surface area contributed by atoms with E-state index in [9.17, 15) is 0 Å². The summed E-state index contributed by atoms with van der Waals surface area (Å²) < 4.78 is 7.46. The Morgan fingerprint density at radius 2 is 2.27 bits per heavy atom. The smallest absolute Gasteiger partial charge is 0.0949 e. The Labute approximate surface area is 91.4 Å². The molecule has 4 nitrogen and oxygen atoms in total. The van der Waals surface area contributed by atoms with E-state index in [0.717, 1.165) is 18.7 Å². The third-order valence-corrected chi connectivity index (χ3v) is 2.67. The Balaban J connectivity index is 2.82. The molecule has 0 aliphatic rings. The van der Waals surface area contributed by atoms with Gasteiger partial charge in [0, 0.05) is 19.3 Å². The van der Waals surface area contributed by atoms with Crippen molar-refractivity contribution < 1.29 is 4.74 Å². The van der Waals surface area contributed by atoms with Crippen molar-refractivity contribution in [2.75, 3.05) is 7.11 Å². The molecule has 15 heavy (non-hydrogen) atoms. The molecule has 86 valence electrons. The minimum Gasteiger partial charge on any atom is -0.377 e. The van der Waals surface area contributed by atoms with Crippen LogP contribution in [0.5, 0.6) is 0 Å². The molecule has 0 aliphatic carbocycles. The lowest BCUT2D eigenvalue weighted by atomic mass is 10.1. The van der Waals surface area contributed by atoms with E-state index in [4.69, 9.17) is 10.5 Å². The van der Waals surface area contributed by atoms with Gasteiger partial charge < -0.3 is 15.0 Å². The SMILES string of the molecule is CC[C@@H](N)c1cncn1CC(C)(C)OC. The predicted molar refractivity (Wildman–Crippen MR) is 60.5 cm³/mol. The number of nitrogens with two attached hydrogens (primary N) is 1. The number of hydrogen-bond acceptors (Lipinski definition) is 3. The van der Waals surface area contributed by atoms with Crippen molar-refractivity contribution in [1.82, 2.24) is 9.55 Å². The van der Waals surface area contributed by atoms with E-state index in [1.54, 1.807) is 7.11 Å². The molecule has 1 aromatic rings. The van der Waals surface area contributed by atoms with E-state index in [1.807, 2.05) is 26.4 Å². The summed E-state index contributed by atoms with van der Waals surface area (Å²) in [5.41, 5.74) is 6.88. The van der Waals surface area contributed by atoms with Gasteiger partial charge in [-0.05, 0) is 20.3 Å². The van der Waals surface area contributed by atoms with Crippen LogP contribution in [0.2, 0.25) is 0 Å². The molecular weight excluding hydrogens is 190 g/mol. The van der Waals surface area contributed by atoms with Crippen LogP contribution in [0.1, 0.15) is 38.9 Å². The van der Waals surface area contributed by atoms with Crippen LogP contribution in [-0.2, 0) is 11.3 Å². The van der Waals surface area contributed by atoms with Gasteiger partial charge in [-0.1, -0.05) is 6.92 Å². The normalized spacial score (nSPS) is 14.2. The molecular formula is C11H21N3O. The fourth-order valence-electron chi connectivity index (χ4n) is 1.46. The first-order valence-corrected chi connectivity index (χ1v) is 5.31. The number of imidazole rings is 1. The van der Waals surface area contributed by atoms with Crippen molar-refractivity contribution in [3.05, 3.63) is 18.2 Å². The molecule has 4 heteroatoms. The lowest BCUT2D eigenvalue weighted by Gasteiger charge is -2.25. The molecule has 0 spiro atoms. The molecule has 1 aromatic heterocycles. The molecule has 0 bridgehead atoms. The van der Waals surface area contributed by atoms with Gasteiger partial charge >= 0.3 is 0 Å². The molecule has 0 radical (unpaired) electrons. The fraction of sp³-hybridized carbons (Fsp3) is 0.727. The van der Waals surface area contributed by atoms with Gasteiger partial charge in [0.1, 0.15) is 0 Å². The van der Waals surface area contributed by atoms with Crippen LogP contribution in [0.25, 0.3) is 0 Å². The lowest BCUT2D eigenvalue weighted by molar-refractivity contribution is 0.00738. The van der Waals surface area contributed by atoms with Crippen LogP contribution in [0.15, 0.2) is 12.5 Å². The van der Waals surface area contributed by atoms with E-state index in [0.29, 0.717) is 0 Å². The molecule has 0 aliphatic heterocycles. The summed E-state index contributed by atoms with van der Waals surface area (Å²) in [5, 5.41) is 0. The molecule has 0 saturated heterocycles. The molecule has 0 aromatic carbocycles. The van der Waals surface area contributed by atoms with Crippen LogP contribution in [0, 0.1) is 0 Å². The van der Waals surface area contributed by atoms with Crippen molar-refractivity contribution in [2.24, 2.45) is 5.73 Å². The van der Waals surface area contributed by atoms with Gasteiger partial charge in [-0.2, -0.15) is 0 Å². The van der Waals surface area contributed by atoms with Gasteiger partial charge in [-0.3, -0.25) is 0 Å². The number of methoxy groups -OCH3 is 1. The van der Waals surface area contributed by atoms with Crippen molar-refractivity contribution >= 4 is 0 Å². The number of nitrogens with zero attached hydrogens (tertiary/aromatic N) is 2. The fourth-order valence-corrected chi connectivity index (χ4v) is 1.46. The van der Waals surface area contributed by atoms with E-state index in [2.05, 4.69) is 16.5 Å². The van der Waals surface area contributed by atoms with Crippen molar-refractivity contribution in [2.45, 2.75) is 45.4 Å². The van der Waals surface area contributed by atoms with Crippen LogP contribution < -0.4 is 5.73 Å². The van der Waals surface area contributed by atoms with E-state index >= 15 is 0 Å². The second-order valence-corrected chi connectivity index (χ2v) is 4.42. The first kappa shape index (κ1) is 12.2. The van der Waals surface area contributed by atoms with Crippen LogP contribution in [0.3, 0.4) is 0 Å². The third kappa shape index (κ3) is 3.04. The van der Waals surface area contributed by atoms with Crippen LogP contribution in [-0.4, -0.2) is 22.3 Å². The minimum absolute atomic E-state index is 0.0557. The molecule has 1 rings (SSSR count). The van der Waals surface area contributed by atoms with Crippen molar-refractivity contribution in [3.63, 3.8) is 0 Å². The van der Waals surface area contributed by atoms with Gasteiger partial charge in [0.25, 0.3) is 0 Å². The monoisotopic (exact) mass is 211 g/mol. The Hall–Kier alpha value is -0.870. The number of ether oxygens (including phenoxy) is 1. The third-order valence-electron chi connectivity index (χ3n) is 2.67. The van der Waals surface area contributed by atoms with E-state index < -0.39 is 0 Å². The highest BCUT2D eigenvalue weighted by Crippen LogP contribution is 2.17. The molecule has 0 unspecified atom stereocenters. The molecule has 1 heterocycles. The summed E-state index contributed by atoms with van der Waals surface area (Å²) in [5.74, 6) is 0. The summed E-state index contributed by atoms with van der Waals surface area (Å²) in [6.07, 6.45) is 4.56. The second-order valence-electron chi connectivity index (χ2n) is 4.42. The molecule has 0 fully saturated rings. The average Bonchev–Trinajstić information content (AvgIpc) is 2.64. The average molecular weight is 211 g/mol. The standard InChI is InChI=1S/C11H21N3O/c1-5-9(12)10-6-13-8-14(10)7-11(2,3)15-4/h6,8-9H,5,7,12H2,1-4H3/t9-/m1/s1. The maximum Gasteiger partial charge on any atom is 0.0949 e. The van der Waals surface area contributed by atoms with E-state index in [-0.39, 0.29) is 11.6 Å². The van der Waals surface area contributed by atoms with Gasteiger partial charge in [-0.25, -0.2) is 4.98 Å². The van der Waals surface area contributed by atoms with Crippen LogP contribution in [0.4, 0.5) is 0 Å². The highest BCUT2D eigenvalue weighted by atomic mass is 16.5. The maximum absolute atomic E-state index is 6.00. The lowest BCUT2D eigenvalue weighted by Crippen LogP contribution is -2.30. The zero-order valence-corrected chi connectivity index (χ0v) is 10.0. The Morgan fingerprint density at radius 3 is 2.80 bits per heavy atom. The van der Waals surface area contributed by atoms with Gasteiger partial charge in [0.15, 0.2) is 0 Å². The van der Waals surface area contributed by atoms with E-state index in [1.165, 1.54) is 0 Å². The van der Waals surface area contributed by atoms with Crippen LogP contribution >= 0.6 is 0 Å². The number of aromatic nitrogens is 2. The van der Waals surface area contributed by atoms with Crippen molar-refractivity contribution in [3.8, 4) is 0 Å². The number of hydrogen-bond donors (Lipinski definition) is 1. The van der Waals surface area contributed by atoms with Gasteiger partial charge in [0.05, 0.1) is 24.2 Å². The summed E-state index contributed by atoms with van der Waals surface area (Å²) >= 11 is 0. The summed E-state index contributed by atoms with van der Waals surface area (Å²) in [6.45, 7) is 6.94. The largest absolute Gasteiger partial charge is 0.377 e. The predicted octanol–water partition coefficient (Wildman–Crippen LogP) is 1.72. The minimum atomic E-state index is -0.192. The Kier molecular flexibility index (Phi) is 3.88. The summed E-state index contributed by atoms with van der Waals surface area (Å²) in [6, 6.07) is 0.0557. The Bertz CT molecular complexity index is 307. The quantitative estimate of drug-likeness (QED) is 0.806. The zero-order valence-electron chi connectivity index (χ0n) is 10.0. The topological polar surface area (TPSA) is 53.1 Å².